The van der Waals surface area contributed by atoms with Gasteiger partial charge in [-0.2, -0.15) is 0 Å². The number of hydrogen-bond donors (Lipinski definition) is 1. The van der Waals surface area contributed by atoms with Gasteiger partial charge in [0.05, 0.1) is 6.04 Å². The van der Waals surface area contributed by atoms with Crippen LogP contribution >= 0.6 is 0 Å². The summed E-state index contributed by atoms with van der Waals surface area (Å²) in [5.41, 5.74) is 7.58. The molecule has 0 spiro atoms. The number of rotatable bonds is 4. The number of carbonyl (C=O) groups is 1. The van der Waals surface area contributed by atoms with Crippen molar-refractivity contribution in [1.82, 2.24) is 9.80 Å². The number of hydrogen-bond acceptors (Lipinski definition) is 3. The summed E-state index contributed by atoms with van der Waals surface area (Å²) in [6, 6.07) is 10.5. The van der Waals surface area contributed by atoms with Gasteiger partial charge in [-0.1, -0.05) is 37.3 Å². The molecule has 0 aromatic heterocycles. The lowest BCUT2D eigenvalue weighted by Crippen LogP contribution is -2.45. The molecule has 0 aliphatic carbocycles. The summed E-state index contributed by atoms with van der Waals surface area (Å²) in [7, 11) is 0. The maximum absolute atomic E-state index is 12.9. The van der Waals surface area contributed by atoms with Crippen LogP contribution in [0.2, 0.25) is 0 Å². The minimum atomic E-state index is 0.0485. The second-order valence-electron chi connectivity index (χ2n) is 6.62. The molecule has 0 bridgehead atoms. The molecule has 2 heterocycles. The van der Waals surface area contributed by atoms with Crippen molar-refractivity contribution in [3.63, 3.8) is 0 Å². The average Bonchev–Trinajstić information content (AvgIpc) is 3.15. The van der Waals surface area contributed by atoms with Gasteiger partial charge in [0.15, 0.2) is 0 Å². The molecule has 1 aromatic carbocycles. The molecule has 1 unspecified atom stereocenters. The molecule has 4 heteroatoms. The third-order valence-corrected chi connectivity index (χ3v) is 5.06. The van der Waals surface area contributed by atoms with Gasteiger partial charge >= 0.3 is 0 Å². The molecule has 2 fully saturated rings. The van der Waals surface area contributed by atoms with Crippen LogP contribution in [0, 0.1) is 0 Å². The molecule has 2 N–H and O–H groups in total. The van der Waals surface area contributed by atoms with Crippen molar-refractivity contribution in [1.29, 1.82) is 0 Å². The van der Waals surface area contributed by atoms with E-state index in [-0.39, 0.29) is 18.0 Å². The fourth-order valence-electron chi connectivity index (χ4n) is 3.93. The van der Waals surface area contributed by atoms with Crippen LogP contribution in [0.5, 0.6) is 0 Å². The number of nitrogens with zero attached hydrogens (tertiary/aromatic N) is 2. The van der Waals surface area contributed by atoms with Crippen LogP contribution < -0.4 is 5.73 Å². The van der Waals surface area contributed by atoms with Crippen LogP contribution in [0.25, 0.3) is 0 Å². The second-order valence-corrected chi connectivity index (χ2v) is 6.62. The third kappa shape index (κ3) is 3.03. The largest absolute Gasteiger partial charge is 0.339 e. The summed E-state index contributed by atoms with van der Waals surface area (Å²) in [6.45, 7) is 5.72. The normalized spacial score (nSPS) is 29.2. The lowest BCUT2D eigenvalue weighted by atomic mass is 9.95. The van der Waals surface area contributed by atoms with E-state index in [1.807, 2.05) is 23.1 Å². The highest BCUT2D eigenvalue weighted by atomic mass is 16.2. The zero-order valence-corrected chi connectivity index (χ0v) is 13.4. The first-order valence-corrected chi connectivity index (χ1v) is 8.54. The summed E-state index contributed by atoms with van der Waals surface area (Å²) in [4.78, 5) is 17.2. The Balaban J connectivity index is 1.67. The van der Waals surface area contributed by atoms with Crippen molar-refractivity contribution in [2.24, 2.45) is 5.73 Å². The quantitative estimate of drug-likeness (QED) is 0.923. The summed E-state index contributed by atoms with van der Waals surface area (Å²) in [6.07, 6.45) is 3.24. The zero-order valence-electron chi connectivity index (χ0n) is 13.4. The molecule has 2 saturated heterocycles. The molecule has 3 atom stereocenters. The van der Waals surface area contributed by atoms with Crippen molar-refractivity contribution < 1.29 is 4.79 Å². The fraction of sp³-hybridized carbons (Fsp3) is 0.611. The van der Waals surface area contributed by atoms with E-state index in [0.29, 0.717) is 12.5 Å². The van der Waals surface area contributed by atoms with Crippen LogP contribution in [0.15, 0.2) is 30.3 Å². The average molecular weight is 301 g/mol. The summed E-state index contributed by atoms with van der Waals surface area (Å²) in [5.74, 6) is 0.561. The molecule has 0 saturated carbocycles. The van der Waals surface area contributed by atoms with Gasteiger partial charge < -0.3 is 10.6 Å². The first-order chi connectivity index (χ1) is 10.7. The molecule has 22 heavy (non-hydrogen) atoms. The van der Waals surface area contributed by atoms with Crippen molar-refractivity contribution >= 4 is 5.91 Å². The van der Waals surface area contributed by atoms with E-state index in [1.165, 1.54) is 5.56 Å². The highest BCUT2D eigenvalue weighted by Gasteiger charge is 2.39. The van der Waals surface area contributed by atoms with Gasteiger partial charge in [-0.25, -0.2) is 0 Å². The Bertz CT molecular complexity index is 504. The van der Waals surface area contributed by atoms with Crippen molar-refractivity contribution in [2.75, 3.05) is 26.2 Å². The third-order valence-electron chi connectivity index (χ3n) is 5.06. The van der Waals surface area contributed by atoms with E-state index in [9.17, 15) is 4.79 Å². The predicted octanol–water partition coefficient (Wildman–Crippen LogP) is 1.81. The molecule has 3 rings (SSSR count). The molecule has 2 aliphatic rings. The maximum atomic E-state index is 12.9. The minimum Gasteiger partial charge on any atom is -0.339 e. The van der Waals surface area contributed by atoms with Crippen LogP contribution in [0.3, 0.4) is 0 Å². The summed E-state index contributed by atoms with van der Waals surface area (Å²) >= 11 is 0. The summed E-state index contributed by atoms with van der Waals surface area (Å²) in [5, 5.41) is 0. The van der Waals surface area contributed by atoms with E-state index in [1.54, 1.807) is 0 Å². The van der Waals surface area contributed by atoms with Crippen molar-refractivity contribution in [3.05, 3.63) is 35.9 Å². The SMILES string of the molecule is CCCN1CCCC1C(=O)N1C[C@@H](N)[C@H](c2ccccc2)C1. The van der Waals surface area contributed by atoms with Crippen molar-refractivity contribution in [2.45, 2.75) is 44.2 Å². The first kappa shape index (κ1) is 15.5. The maximum Gasteiger partial charge on any atom is 0.240 e. The Morgan fingerprint density at radius 2 is 2.05 bits per heavy atom. The summed E-state index contributed by atoms with van der Waals surface area (Å²) < 4.78 is 0. The van der Waals surface area contributed by atoms with Gasteiger partial charge in [-0.05, 0) is 37.9 Å². The smallest absolute Gasteiger partial charge is 0.240 e. The van der Waals surface area contributed by atoms with E-state index >= 15 is 0 Å². The van der Waals surface area contributed by atoms with Gasteiger partial charge in [-0.15, -0.1) is 0 Å². The highest BCUT2D eigenvalue weighted by molar-refractivity contribution is 5.82. The van der Waals surface area contributed by atoms with Crippen LogP contribution in [0.4, 0.5) is 0 Å². The molecule has 1 aromatic rings. The lowest BCUT2D eigenvalue weighted by molar-refractivity contribution is -0.135. The number of likely N-dealkylation sites (tertiary alicyclic amines) is 2. The Hall–Kier alpha value is -1.39. The predicted molar refractivity (Wildman–Crippen MR) is 88.6 cm³/mol. The number of amides is 1. The van der Waals surface area contributed by atoms with Gasteiger partial charge in [-0.3, -0.25) is 9.69 Å². The first-order valence-electron chi connectivity index (χ1n) is 8.54. The minimum absolute atomic E-state index is 0.0485. The molecule has 4 nitrogen and oxygen atoms in total. The second kappa shape index (κ2) is 6.80. The van der Waals surface area contributed by atoms with E-state index in [4.69, 9.17) is 5.73 Å². The van der Waals surface area contributed by atoms with Gasteiger partial charge in [0, 0.05) is 25.0 Å². The highest BCUT2D eigenvalue weighted by Crippen LogP contribution is 2.28. The van der Waals surface area contributed by atoms with Gasteiger partial charge in [0.25, 0.3) is 0 Å². The van der Waals surface area contributed by atoms with Gasteiger partial charge in [0.1, 0.15) is 0 Å². The molecular formula is C18H27N3O. The Kier molecular flexibility index (Phi) is 4.79. The topological polar surface area (TPSA) is 49.6 Å². The van der Waals surface area contributed by atoms with Crippen LogP contribution in [-0.2, 0) is 4.79 Å². The number of carbonyl (C=O) groups excluding carboxylic acids is 1. The fourth-order valence-corrected chi connectivity index (χ4v) is 3.93. The molecule has 0 radical (unpaired) electrons. The lowest BCUT2D eigenvalue weighted by Gasteiger charge is -2.27. The van der Waals surface area contributed by atoms with E-state index in [0.717, 1.165) is 38.9 Å². The Labute approximate surface area is 133 Å². The number of benzene rings is 1. The Morgan fingerprint density at radius 3 is 2.77 bits per heavy atom. The molecular weight excluding hydrogens is 274 g/mol. The van der Waals surface area contributed by atoms with Crippen molar-refractivity contribution in [3.8, 4) is 0 Å². The number of nitrogens with two attached hydrogens (primary N) is 1. The van der Waals surface area contributed by atoms with Crippen LogP contribution in [0.1, 0.15) is 37.7 Å². The van der Waals surface area contributed by atoms with E-state index in [2.05, 4.69) is 24.0 Å². The van der Waals surface area contributed by atoms with Crippen LogP contribution in [-0.4, -0.2) is 54.0 Å². The standard InChI is InChI=1S/C18H27N3O/c1-2-10-20-11-6-9-17(20)18(22)21-12-15(16(19)13-21)14-7-4-3-5-8-14/h3-5,7-8,15-17H,2,6,9-13,19H2,1H3/t15-,16+,17?/m0/s1. The van der Waals surface area contributed by atoms with E-state index < -0.39 is 0 Å². The molecule has 1 amide bonds. The molecule has 2 aliphatic heterocycles. The monoisotopic (exact) mass is 301 g/mol. The zero-order chi connectivity index (χ0) is 15.5. The molecule has 120 valence electrons. The van der Waals surface area contributed by atoms with Gasteiger partial charge in [0.2, 0.25) is 5.91 Å². The Morgan fingerprint density at radius 1 is 1.27 bits per heavy atom.